The monoisotopic (exact) mass is 497 g/mol. The number of hydrogen-bond acceptors (Lipinski definition) is 6. The topological polar surface area (TPSA) is 96.9 Å². The molecule has 2 aromatic rings. The smallest absolute Gasteiger partial charge is 0.245 e. The molecule has 180 valence electrons. The van der Waals surface area contributed by atoms with Crippen molar-refractivity contribution < 1.29 is 26.0 Å². The van der Waals surface area contributed by atoms with Gasteiger partial charge in [0.05, 0.1) is 12.5 Å². The number of rotatable bonds is 8. The summed E-state index contributed by atoms with van der Waals surface area (Å²) in [5, 5.41) is 0. The maximum absolute atomic E-state index is 13.4. The van der Waals surface area contributed by atoms with Gasteiger partial charge in [0.15, 0.2) is 0 Å². The number of aromatic nitrogens is 1. The Bertz CT molecular complexity index is 1160. The van der Waals surface area contributed by atoms with Crippen LogP contribution in [0.2, 0.25) is 0 Å². The zero-order chi connectivity index (χ0) is 23.6. The van der Waals surface area contributed by atoms with E-state index in [9.17, 15) is 21.2 Å². The maximum Gasteiger partial charge on any atom is 0.245 e. The van der Waals surface area contributed by atoms with Crippen LogP contribution in [0.4, 0.5) is 4.39 Å². The zero-order valence-corrected chi connectivity index (χ0v) is 20.1. The molecule has 0 N–H and O–H groups in total. The third-order valence-corrected chi connectivity index (χ3v) is 9.39. The lowest BCUT2D eigenvalue weighted by atomic mass is 9.93. The van der Waals surface area contributed by atoms with Gasteiger partial charge in [0.25, 0.3) is 0 Å². The van der Waals surface area contributed by atoms with Crippen molar-refractivity contribution in [2.75, 3.05) is 19.3 Å². The average Bonchev–Trinajstić information content (AvgIpc) is 2.74. The number of sulfonamides is 2. The Morgan fingerprint density at radius 1 is 1.03 bits per heavy atom. The lowest BCUT2D eigenvalue weighted by molar-refractivity contribution is 0.130. The molecule has 8 nitrogen and oxygen atoms in total. The number of halogens is 1. The fourth-order valence-electron chi connectivity index (χ4n) is 4.03. The van der Waals surface area contributed by atoms with Gasteiger partial charge in [-0.25, -0.2) is 30.5 Å². The molecule has 1 aromatic heterocycles. The van der Waals surface area contributed by atoms with E-state index in [2.05, 4.69) is 4.98 Å². The van der Waals surface area contributed by atoms with E-state index in [1.807, 2.05) is 0 Å². The zero-order valence-electron chi connectivity index (χ0n) is 18.4. The first kappa shape index (κ1) is 24.1. The van der Waals surface area contributed by atoms with Crippen LogP contribution >= 0.6 is 0 Å². The third-order valence-electron chi connectivity index (χ3n) is 6.21. The highest BCUT2D eigenvalue weighted by Gasteiger charge is 2.35. The van der Waals surface area contributed by atoms with E-state index in [1.54, 1.807) is 12.1 Å². The van der Waals surface area contributed by atoms with Crippen molar-refractivity contribution in [2.45, 2.75) is 55.7 Å². The highest BCUT2D eigenvalue weighted by Crippen LogP contribution is 2.32. The summed E-state index contributed by atoms with van der Waals surface area (Å²) in [7, 11) is -7.00. The van der Waals surface area contributed by atoms with E-state index < -0.39 is 20.0 Å². The molecular weight excluding hydrogens is 469 g/mol. The number of pyridine rings is 1. The molecule has 1 aromatic carbocycles. The van der Waals surface area contributed by atoms with Gasteiger partial charge < -0.3 is 4.74 Å². The Labute approximate surface area is 194 Å². The van der Waals surface area contributed by atoms with Gasteiger partial charge in [-0.05, 0) is 49.4 Å². The fraction of sp³-hybridized carbons (Fsp3) is 0.500. The highest BCUT2D eigenvalue weighted by molar-refractivity contribution is 7.89. The highest BCUT2D eigenvalue weighted by atomic mass is 32.2. The van der Waals surface area contributed by atoms with Gasteiger partial charge in [-0.1, -0.05) is 18.6 Å². The molecule has 1 saturated carbocycles. The average molecular weight is 498 g/mol. The Morgan fingerprint density at radius 3 is 2.21 bits per heavy atom. The standard InChI is InChI=1S/C22H28FN3O5S2/c1-32(27,28)25-13-11-20(12-14-25)31-22-10-9-21(15-24-22)33(29,30)26(19-3-2-4-19)16-17-5-7-18(23)8-6-17/h5-10,15,19-20H,2-4,11-14,16H2,1H3. The van der Waals surface area contributed by atoms with Crippen LogP contribution in [0.1, 0.15) is 37.7 Å². The van der Waals surface area contributed by atoms with Crippen molar-refractivity contribution in [1.29, 1.82) is 0 Å². The summed E-state index contributed by atoms with van der Waals surface area (Å²) >= 11 is 0. The summed E-state index contributed by atoms with van der Waals surface area (Å²) < 4.78 is 72.0. The predicted molar refractivity (Wildman–Crippen MR) is 121 cm³/mol. The van der Waals surface area contributed by atoms with Crippen molar-refractivity contribution in [3.05, 3.63) is 54.0 Å². The van der Waals surface area contributed by atoms with Crippen LogP contribution in [-0.2, 0) is 26.6 Å². The van der Waals surface area contributed by atoms with Crippen LogP contribution in [0.15, 0.2) is 47.5 Å². The van der Waals surface area contributed by atoms with Crippen molar-refractivity contribution in [2.24, 2.45) is 0 Å². The lowest BCUT2D eigenvalue weighted by Crippen LogP contribution is -2.43. The third kappa shape index (κ3) is 5.71. The van der Waals surface area contributed by atoms with Crippen LogP contribution in [0.3, 0.4) is 0 Å². The minimum atomic E-state index is -3.79. The van der Waals surface area contributed by atoms with Gasteiger partial charge >= 0.3 is 0 Å². The number of hydrogen-bond donors (Lipinski definition) is 0. The summed E-state index contributed by atoms with van der Waals surface area (Å²) in [6, 6.07) is 8.79. The molecule has 2 heterocycles. The second kappa shape index (κ2) is 9.65. The van der Waals surface area contributed by atoms with E-state index in [1.165, 1.54) is 45.3 Å². The maximum atomic E-state index is 13.4. The van der Waals surface area contributed by atoms with Gasteiger partial charge in [0, 0.05) is 31.7 Å². The minimum absolute atomic E-state index is 0.0794. The van der Waals surface area contributed by atoms with E-state index in [0.29, 0.717) is 31.8 Å². The normalized spacial score (nSPS) is 18.9. The van der Waals surface area contributed by atoms with Crippen LogP contribution < -0.4 is 4.74 Å². The molecule has 1 saturated heterocycles. The number of piperidine rings is 1. The summed E-state index contributed by atoms with van der Waals surface area (Å²) in [6.45, 7) is 0.940. The largest absolute Gasteiger partial charge is 0.474 e. The molecule has 0 bridgehead atoms. The SMILES string of the molecule is CS(=O)(=O)N1CCC(Oc2ccc(S(=O)(=O)N(Cc3ccc(F)cc3)C3CCC3)cn2)CC1. The van der Waals surface area contributed by atoms with Gasteiger partial charge in [-0.2, -0.15) is 4.31 Å². The summed E-state index contributed by atoms with van der Waals surface area (Å²) in [6.07, 6.45) is 5.96. The Kier molecular flexibility index (Phi) is 7.04. The molecule has 0 spiro atoms. The second-order valence-electron chi connectivity index (χ2n) is 8.57. The molecule has 1 aliphatic heterocycles. The molecular formula is C22H28FN3O5S2. The summed E-state index contributed by atoms with van der Waals surface area (Å²) in [5.41, 5.74) is 0.722. The van der Waals surface area contributed by atoms with Gasteiger partial charge in [-0.15, -0.1) is 0 Å². The van der Waals surface area contributed by atoms with E-state index in [0.717, 1.165) is 24.8 Å². The molecule has 0 atom stereocenters. The molecule has 1 aliphatic carbocycles. The van der Waals surface area contributed by atoms with Crippen LogP contribution in [0.5, 0.6) is 5.88 Å². The second-order valence-corrected chi connectivity index (χ2v) is 12.4. The number of ether oxygens (including phenoxy) is 1. The molecule has 0 amide bonds. The first-order chi connectivity index (χ1) is 15.6. The van der Waals surface area contributed by atoms with Crippen molar-refractivity contribution >= 4 is 20.0 Å². The Balaban J connectivity index is 1.44. The van der Waals surface area contributed by atoms with Crippen LogP contribution in [0, 0.1) is 5.82 Å². The van der Waals surface area contributed by atoms with Crippen LogP contribution in [0.25, 0.3) is 0 Å². The quantitative estimate of drug-likeness (QED) is 0.556. The fourth-order valence-corrected chi connectivity index (χ4v) is 6.52. The molecule has 11 heteroatoms. The van der Waals surface area contributed by atoms with Crippen molar-refractivity contribution in [3.8, 4) is 5.88 Å². The van der Waals surface area contributed by atoms with Gasteiger partial charge in [-0.3, -0.25) is 0 Å². The predicted octanol–water partition coefficient (Wildman–Crippen LogP) is 2.77. The molecule has 33 heavy (non-hydrogen) atoms. The molecule has 2 aliphatic rings. The van der Waals surface area contributed by atoms with E-state index >= 15 is 0 Å². The molecule has 2 fully saturated rings. The van der Waals surface area contributed by atoms with Crippen molar-refractivity contribution in [3.63, 3.8) is 0 Å². The first-order valence-electron chi connectivity index (χ1n) is 11.0. The lowest BCUT2D eigenvalue weighted by Gasteiger charge is -2.36. The first-order valence-corrected chi connectivity index (χ1v) is 14.3. The van der Waals surface area contributed by atoms with E-state index in [4.69, 9.17) is 4.74 Å². The minimum Gasteiger partial charge on any atom is -0.474 e. The molecule has 0 unspecified atom stereocenters. The van der Waals surface area contributed by atoms with Crippen LogP contribution in [-0.4, -0.2) is 61.9 Å². The summed E-state index contributed by atoms with van der Waals surface area (Å²) in [5.74, 6) is -0.0564. The Hall–Kier alpha value is -2.08. The number of nitrogens with zero attached hydrogens (tertiary/aromatic N) is 3. The summed E-state index contributed by atoms with van der Waals surface area (Å²) in [4.78, 5) is 4.28. The Morgan fingerprint density at radius 2 is 1.70 bits per heavy atom. The van der Waals surface area contributed by atoms with E-state index in [-0.39, 0.29) is 29.4 Å². The van der Waals surface area contributed by atoms with Gasteiger partial charge in [0.2, 0.25) is 25.9 Å². The molecule has 0 radical (unpaired) electrons. The molecule has 4 rings (SSSR count). The van der Waals surface area contributed by atoms with Gasteiger partial charge in [0.1, 0.15) is 16.8 Å². The van der Waals surface area contributed by atoms with Crippen molar-refractivity contribution in [1.82, 2.24) is 13.6 Å². The number of benzene rings is 1.